The molecule has 0 fully saturated rings. The Labute approximate surface area is 420 Å². The summed E-state index contributed by atoms with van der Waals surface area (Å²) in [6, 6.07) is 0. The normalized spacial score (nSPS) is 10.1. The second-order valence-corrected chi connectivity index (χ2v) is 15.3. The Morgan fingerprint density at radius 1 is 0.351 bits per heavy atom. The number of Topliss-reactive ketones (excluding diaryl/α,β-unsaturated/α-hetero) is 1. The summed E-state index contributed by atoms with van der Waals surface area (Å²) in [5.74, 6) is -16.7. The number of carbonyl (C=O) groups excluding carboxylic acids is 14. The van der Waals surface area contributed by atoms with Crippen molar-refractivity contribution in [3.05, 3.63) is 0 Å². The van der Waals surface area contributed by atoms with Crippen molar-refractivity contribution in [1.82, 2.24) is 67.5 Å². The van der Waals surface area contributed by atoms with Gasteiger partial charge in [0.2, 0.25) is 76.8 Å². The predicted octanol–water partition coefficient (Wildman–Crippen LogP) is -10.7. The molecule has 0 aliphatic carbocycles. The van der Waals surface area contributed by atoms with Crippen LogP contribution in [0.15, 0.2) is 0 Å². The van der Waals surface area contributed by atoms with Gasteiger partial charge in [0.25, 0.3) is 0 Å². The van der Waals surface area contributed by atoms with Gasteiger partial charge in [0.05, 0.1) is 58.9 Å². The first-order valence-electron chi connectivity index (χ1n) is 22.1. The van der Waals surface area contributed by atoms with Crippen LogP contribution in [-0.4, -0.2) is 253 Å². The molecule has 0 aromatic heterocycles. The molecule has 0 saturated carbocycles. The third-order valence-electron chi connectivity index (χ3n) is 8.94. The Morgan fingerprint density at radius 3 is 0.905 bits per heavy atom. The first kappa shape index (κ1) is 65.1. The Balaban J connectivity index is 5.00. The maximum absolute atomic E-state index is 12.8. The number of nitrogens with one attached hydrogen (secondary N) is 9. The standard InChI is InChI=1S/C40H62N14O20/c1-3-4-5-25(56)44-9-27(58)49-15-37(68)54(23-40(73)74)20-33(64)46-11-29(60)50-14-36(67)52(21-38(69)70)18-31(62)43-7-6-42-30(61)17-51(16-24(2)55)34(65)13-48-28(59)10-45-32(63)19-53(22-39(71)72)35(66)12-47-26(57)8-41/h3-23,41H2,1-2H3,(H,42,61)(H,43,62)(H,44,56)(H,45,63)(H,46,64)(H,47,57)(H,48,59)(H,49,58)(H,50,60)(H,69,70)(H,71,72)(H,73,74). The SMILES string of the molecule is CCCCC(=O)NCC(=O)NCC(=O)N(CC(=O)O)CC(=O)NCC(=O)NCC(=O)N(CC(=O)O)CC(=O)NCCNC(=O)CN(CC(C)=O)C(=O)CNC(=O)CNC(=O)CN(CC(=O)O)C(=O)CNC(=O)CN. The van der Waals surface area contributed by atoms with Gasteiger partial charge in [-0.1, -0.05) is 13.3 Å². The van der Waals surface area contributed by atoms with Gasteiger partial charge in [-0.05, 0) is 13.3 Å². The van der Waals surface area contributed by atoms with E-state index in [0.29, 0.717) is 21.1 Å². The third kappa shape index (κ3) is 32.1. The fraction of sp³-hybridized carbons (Fsp3) is 0.575. The van der Waals surface area contributed by atoms with Crippen LogP contribution in [0.4, 0.5) is 0 Å². The van der Waals surface area contributed by atoms with Gasteiger partial charge in [-0.25, -0.2) is 0 Å². The van der Waals surface area contributed by atoms with Gasteiger partial charge in [-0.3, -0.25) is 81.5 Å². The number of rotatable bonds is 37. The maximum atomic E-state index is 12.8. The van der Waals surface area contributed by atoms with Crippen molar-refractivity contribution in [3.8, 4) is 0 Å². The number of carbonyl (C=O) groups is 17. The van der Waals surface area contributed by atoms with Crippen LogP contribution in [0.25, 0.3) is 0 Å². The topological polar surface area (TPSA) is 498 Å². The molecule has 0 aliphatic rings. The quantitative estimate of drug-likeness (QED) is 0.0257. The largest absolute Gasteiger partial charge is 0.480 e. The summed E-state index contributed by atoms with van der Waals surface area (Å²) in [6.07, 6.45) is 1.52. The zero-order chi connectivity index (χ0) is 56.3. The first-order chi connectivity index (χ1) is 34.8. The highest BCUT2D eigenvalue weighted by molar-refractivity contribution is 5.96. The lowest BCUT2D eigenvalue weighted by Gasteiger charge is -2.22. The number of hydrogen-bond acceptors (Lipinski definition) is 18. The smallest absolute Gasteiger partial charge is 0.323 e. The van der Waals surface area contributed by atoms with E-state index in [0.717, 1.165) is 18.2 Å². The van der Waals surface area contributed by atoms with Gasteiger partial charge >= 0.3 is 17.9 Å². The maximum Gasteiger partial charge on any atom is 0.323 e. The number of hydrogen-bond donors (Lipinski definition) is 13. The van der Waals surface area contributed by atoms with Gasteiger partial charge in [-0.2, -0.15) is 0 Å². The summed E-state index contributed by atoms with van der Waals surface area (Å²) in [5, 5.41) is 47.2. The minimum Gasteiger partial charge on any atom is -0.480 e. The van der Waals surface area contributed by atoms with E-state index in [-0.39, 0.29) is 19.5 Å². The summed E-state index contributed by atoms with van der Waals surface area (Å²) >= 11 is 0. The molecular weight excluding hydrogens is 997 g/mol. The second kappa shape index (κ2) is 36.1. The van der Waals surface area contributed by atoms with Crippen LogP contribution in [0.1, 0.15) is 33.1 Å². The molecule has 74 heavy (non-hydrogen) atoms. The number of nitrogens with zero attached hydrogens (tertiary/aromatic N) is 4. The van der Waals surface area contributed by atoms with Crippen LogP contribution in [0.5, 0.6) is 0 Å². The lowest BCUT2D eigenvalue weighted by molar-refractivity contribution is -0.146. The van der Waals surface area contributed by atoms with Crippen LogP contribution < -0.4 is 53.6 Å². The Bertz CT molecular complexity index is 2100. The summed E-state index contributed by atoms with van der Waals surface area (Å²) in [7, 11) is 0. The van der Waals surface area contributed by atoms with Gasteiger partial charge in [0, 0.05) is 19.5 Å². The Kier molecular flexibility index (Phi) is 31.8. The fourth-order valence-electron chi connectivity index (χ4n) is 5.37. The van der Waals surface area contributed by atoms with Gasteiger partial charge in [-0.15, -0.1) is 0 Å². The molecule has 0 heterocycles. The molecule has 0 unspecified atom stereocenters. The lowest BCUT2D eigenvalue weighted by Crippen LogP contribution is -2.50. The molecule has 0 atom stereocenters. The summed E-state index contributed by atoms with van der Waals surface area (Å²) in [5.41, 5.74) is 5.12. The van der Waals surface area contributed by atoms with Gasteiger partial charge in [0.15, 0.2) is 0 Å². The van der Waals surface area contributed by atoms with Crippen molar-refractivity contribution in [1.29, 1.82) is 0 Å². The summed E-state index contributed by atoms with van der Waals surface area (Å²) < 4.78 is 0. The number of amides is 13. The monoisotopic (exact) mass is 1060 g/mol. The van der Waals surface area contributed by atoms with Crippen LogP contribution >= 0.6 is 0 Å². The molecular formula is C40H62N14O20. The molecule has 34 nitrogen and oxygen atoms in total. The molecule has 412 valence electrons. The van der Waals surface area contributed by atoms with Crippen LogP contribution in [0, 0.1) is 0 Å². The molecule has 0 bridgehead atoms. The molecule has 0 aromatic rings. The second-order valence-electron chi connectivity index (χ2n) is 15.3. The van der Waals surface area contributed by atoms with Crippen molar-refractivity contribution in [2.75, 3.05) is 118 Å². The van der Waals surface area contributed by atoms with Gasteiger partial charge < -0.3 is 88.5 Å². The van der Waals surface area contributed by atoms with Crippen LogP contribution in [0.3, 0.4) is 0 Å². The first-order valence-corrected chi connectivity index (χ1v) is 22.1. The van der Waals surface area contributed by atoms with Gasteiger partial charge in [0.1, 0.15) is 51.6 Å². The van der Waals surface area contributed by atoms with E-state index in [1.807, 2.05) is 6.92 Å². The summed E-state index contributed by atoms with van der Waals surface area (Å²) in [6.45, 7) is -9.96. The highest BCUT2D eigenvalue weighted by Crippen LogP contribution is 1.96. The predicted molar refractivity (Wildman–Crippen MR) is 246 cm³/mol. The number of ketones is 1. The zero-order valence-electron chi connectivity index (χ0n) is 40.5. The molecule has 34 heteroatoms. The Hall–Kier alpha value is -8.85. The van der Waals surface area contributed by atoms with Crippen molar-refractivity contribution in [3.63, 3.8) is 0 Å². The van der Waals surface area contributed by atoms with Crippen molar-refractivity contribution < 1.29 is 96.8 Å². The minimum absolute atomic E-state index is 0.183. The molecule has 0 saturated heterocycles. The van der Waals surface area contributed by atoms with E-state index in [9.17, 15) is 91.7 Å². The highest BCUT2D eigenvalue weighted by Gasteiger charge is 2.25. The average Bonchev–Trinajstić information content (AvgIpc) is 3.32. The number of nitrogens with two attached hydrogens (primary N) is 1. The van der Waals surface area contributed by atoms with E-state index in [1.54, 1.807) is 0 Å². The molecule has 14 N–H and O–H groups in total. The highest BCUT2D eigenvalue weighted by atomic mass is 16.4. The van der Waals surface area contributed by atoms with E-state index in [4.69, 9.17) is 10.8 Å². The Morgan fingerprint density at radius 2 is 0.622 bits per heavy atom. The van der Waals surface area contributed by atoms with Crippen molar-refractivity contribution in [2.45, 2.75) is 33.1 Å². The van der Waals surface area contributed by atoms with E-state index in [2.05, 4.69) is 47.9 Å². The third-order valence-corrected chi connectivity index (χ3v) is 8.94. The molecule has 0 aliphatic heterocycles. The van der Waals surface area contributed by atoms with E-state index < -0.39 is 205 Å². The molecule has 0 spiro atoms. The van der Waals surface area contributed by atoms with Crippen LogP contribution in [0.2, 0.25) is 0 Å². The van der Waals surface area contributed by atoms with Crippen LogP contribution in [-0.2, 0) is 81.5 Å². The molecule has 13 amide bonds. The van der Waals surface area contributed by atoms with E-state index in [1.165, 1.54) is 0 Å². The number of unbranched alkanes of at least 4 members (excludes halogenated alkanes) is 1. The molecule has 0 radical (unpaired) electrons. The lowest BCUT2D eigenvalue weighted by atomic mass is 10.2. The minimum atomic E-state index is -1.55. The number of aliphatic carboxylic acids is 3. The zero-order valence-corrected chi connectivity index (χ0v) is 40.5. The number of carboxylic acids is 3. The molecule has 0 rings (SSSR count). The van der Waals surface area contributed by atoms with Crippen molar-refractivity contribution >= 4 is 100 Å². The van der Waals surface area contributed by atoms with E-state index >= 15 is 0 Å². The molecule has 0 aromatic carbocycles. The number of carboxylic acid groups (broad SMARTS) is 3. The summed E-state index contributed by atoms with van der Waals surface area (Å²) in [4.78, 5) is 208. The van der Waals surface area contributed by atoms with Crippen molar-refractivity contribution in [2.24, 2.45) is 5.73 Å². The average molecular weight is 1060 g/mol. The fourth-order valence-corrected chi connectivity index (χ4v) is 5.37.